The van der Waals surface area contributed by atoms with Crippen LogP contribution in [0.1, 0.15) is 66.7 Å². The van der Waals surface area contributed by atoms with Gasteiger partial charge in [-0.2, -0.15) is 0 Å². The molecular weight excluding hydrogens is 316 g/mol. The van der Waals surface area contributed by atoms with E-state index in [9.17, 15) is 14.7 Å². The zero-order valence-electron chi connectivity index (χ0n) is 16.4. The van der Waals surface area contributed by atoms with Crippen LogP contribution in [0.25, 0.3) is 0 Å². The number of Topliss-reactive ketones (excluding diaryl/α,β-unsaturated/α-hetero) is 1. The van der Waals surface area contributed by atoms with E-state index in [-0.39, 0.29) is 5.78 Å². The summed E-state index contributed by atoms with van der Waals surface area (Å²) in [6.07, 6.45) is 8.95. The van der Waals surface area contributed by atoms with Crippen LogP contribution in [-0.2, 0) is 14.3 Å². The molecule has 0 unspecified atom stereocenters. The van der Waals surface area contributed by atoms with Crippen LogP contribution >= 0.6 is 0 Å². The fraction of sp³-hybridized carbons (Fsp3) is 0.619. The number of carbonyl (C=O) groups is 2. The second-order valence-electron chi connectivity index (χ2n) is 7.56. The zero-order chi connectivity index (χ0) is 19.3. The van der Waals surface area contributed by atoms with E-state index >= 15 is 0 Å². The summed E-state index contributed by atoms with van der Waals surface area (Å²) in [5.41, 5.74) is 0.354. The van der Waals surface area contributed by atoms with Gasteiger partial charge in [0.2, 0.25) is 0 Å². The first-order chi connectivity index (χ1) is 11.6. The molecule has 4 nitrogen and oxygen atoms in total. The molecule has 0 amide bonds. The topological polar surface area (TPSA) is 63.6 Å². The van der Waals surface area contributed by atoms with E-state index in [1.54, 1.807) is 19.1 Å². The Morgan fingerprint density at radius 2 is 1.96 bits per heavy atom. The predicted octanol–water partition coefficient (Wildman–Crippen LogP) is 4.29. The van der Waals surface area contributed by atoms with Crippen molar-refractivity contribution in [2.45, 2.75) is 72.3 Å². The summed E-state index contributed by atoms with van der Waals surface area (Å²) in [5, 5.41) is 11.4. The third kappa shape index (κ3) is 4.91. The molecule has 0 saturated heterocycles. The average Bonchev–Trinajstić information content (AvgIpc) is 2.54. The van der Waals surface area contributed by atoms with Crippen molar-refractivity contribution in [2.24, 2.45) is 5.41 Å². The first-order valence-corrected chi connectivity index (χ1v) is 9.00. The second kappa shape index (κ2) is 8.61. The molecule has 0 aliphatic heterocycles. The van der Waals surface area contributed by atoms with Crippen molar-refractivity contribution in [3.8, 4) is 0 Å². The van der Waals surface area contributed by atoms with Gasteiger partial charge in [0.1, 0.15) is 5.60 Å². The molecule has 1 aliphatic carbocycles. The van der Waals surface area contributed by atoms with Crippen LogP contribution in [0.4, 0.5) is 0 Å². The quantitative estimate of drug-likeness (QED) is 0.323. The highest BCUT2D eigenvalue weighted by Crippen LogP contribution is 2.47. The molecule has 1 rings (SSSR count). The normalized spacial score (nSPS) is 24.1. The summed E-state index contributed by atoms with van der Waals surface area (Å²) in [6, 6.07) is 0. The first-order valence-electron chi connectivity index (χ1n) is 9.00. The lowest BCUT2D eigenvalue weighted by atomic mass is 9.62. The summed E-state index contributed by atoms with van der Waals surface area (Å²) in [5.74, 6) is -0.293. The van der Waals surface area contributed by atoms with E-state index in [4.69, 9.17) is 0 Å². The molecule has 0 aromatic carbocycles. The predicted molar refractivity (Wildman–Crippen MR) is 100 cm³/mol. The molecule has 0 heterocycles. The summed E-state index contributed by atoms with van der Waals surface area (Å²) < 4.78 is 4.62. The maximum atomic E-state index is 12.6. The molecule has 4 heteroatoms. The number of rotatable bonds is 7. The van der Waals surface area contributed by atoms with Crippen molar-refractivity contribution in [1.29, 1.82) is 0 Å². The van der Waals surface area contributed by atoms with Gasteiger partial charge in [-0.05, 0) is 49.5 Å². The maximum Gasteiger partial charge on any atom is 0.330 e. The largest absolute Gasteiger partial charge is 0.466 e. The Labute approximate surface area is 151 Å². The molecular formula is C21H32O4. The molecule has 0 aromatic rings. The van der Waals surface area contributed by atoms with E-state index in [0.29, 0.717) is 18.4 Å². The molecule has 0 spiro atoms. The van der Waals surface area contributed by atoms with Crippen LogP contribution in [0.2, 0.25) is 0 Å². The van der Waals surface area contributed by atoms with Crippen molar-refractivity contribution in [3.05, 3.63) is 34.9 Å². The van der Waals surface area contributed by atoms with Gasteiger partial charge in [0.05, 0.1) is 7.11 Å². The van der Waals surface area contributed by atoms with Gasteiger partial charge < -0.3 is 9.84 Å². The fourth-order valence-electron chi connectivity index (χ4n) is 3.36. The molecule has 0 saturated carbocycles. The molecule has 0 bridgehead atoms. The minimum Gasteiger partial charge on any atom is -0.466 e. The molecule has 0 radical (unpaired) electrons. The summed E-state index contributed by atoms with van der Waals surface area (Å²) in [6.45, 7) is 9.56. The van der Waals surface area contributed by atoms with E-state index < -0.39 is 17.0 Å². The minimum atomic E-state index is -1.21. The van der Waals surface area contributed by atoms with Crippen LogP contribution in [-0.4, -0.2) is 29.6 Å². The number of hydrogen-bond donors (Lipinski definition) is 1. The van der Waals surface area contributed by atoms with Gasteiger partial charge >= 0.3 is 5.97 Å². The highest BCUT2D eigenvalue weighted by Gasteiger charge is 2.49. The molecule has 0 fully saturated rings. The standard InChI is InChI=1S/C21H32O4/c1-7-8-9-10-17-16(3)21(24,20(4,5)14-18(17)22)12-11-15(2)13-19(23)25-6/h11-13,24H,7-10,14H2,1-6H3/b12-11+,15-13-/t21-/m1/s1. The van der Waals surface area contributed by atoms with Gasteiger partial charge in [-0.15, -0.1) is 0 Å². The Hall–Kier alpha value is -1.68. The van der Waals surface area contributed by atoms with Gasteiger partial charge in [-0.3, -0.25) is 4.79 Å². The highest BCUT2D eigenvalue weighted by molar-refractivity contribution is 5.98. The van der Waals surface area contributed by atoms with Crippen LogP contribution in [0.15, 0.2) is 34.9 Å². The number of esters is 1. The number of aliphatic hydroxyl groups is 1. The molecule has 140 valence electrons. The smallest absolute Gasteiger partial charge is 0.330 e. The first kappa shape index (κ1) is 21.4. The van der Waals surface area contributed by atoms with Crippen LogP contribution in [0, 0.1) is 5.41 Å². The van der Waals surface area contributed by atoms with Gasteiger partial charge in [0.15, 0.2) is 5.78 Å². The fourth-order valence-corrected chi connectivity index (χ4v) is 3.36. The number of allylic oxidation sites excluding steroid dienone is 3. The second-order valence-corrected chi connectivity index (χ2v) is 7.56. The van der Waals surface area contributed by atoms with Crippen molar-refractivity contribution in [1.82, 2.24) is 0 Å². The van der Waals surface area contributed by atoms with E-state index in [1.807, 2.05) is 20.8 Å². The third-order valence-electron chi connectivity index (χ3n) is 5.16. The van der Waals surface area contributed by atoms with E-state index in [2.05, 4.69) is 11.7 Å². The maximum absolute atomic E-state index is 12.6. The Bertz CT molecular complexity index is 607. The number of carbonyl (C=O) groups excluding carboxylic acids is 2. The van der Waals surface area contributed by atoms with Crippen LogP contribution in [0.3, 0.4) is 0 Å². The lowest BCUT2D eigenvalue weighted by Crippen LogP contribution is -2.49. The molecule has 1 aliphatic rings. The van der Waals surface area contributed by atoms with E-state index in [1.165, 1.54) is 13.2 Å². The van der Waals surface area contributed by atoms with Gasteiger partial charge in [-0.1, -0.05) is 39.7 Å². The summed E-state index contributed by atoms with van der Waals surface area (Å²) >= 11 is 0. The van der Waals surface area contributed by atoms with Gasteiger partial charge in [0, 0.05) is 17.9 Å². The van der Waals surface area contributed by atoms with Crippen molar-refractivity contribution in [3.63, 3.8) is 0 Å². The minimum absolute atomic E-state index is 0.138. The SMILES string of the molecule is CCCCCC1=C(C)[C@](O)(/C=C/C(C)=C\C(=O)OC)C(C)(C)CC1=O. The van der Waals surface area contributed by atoms with Crippen LogP contribution < -0.4 is 0 Å². The number of ether oxygens (including phenoxy) is 1. The molecule has 25 heavy (non-hydrogen) atoms. The Kier molecular flexibility index (Phi) is 7.36. The van der Waals surface area contributed by atoms with Crippen molar-refractivity contribution in [2.75, 3.05) is 7.11 Å². The molecule has 1 atom stereocenters. The monoisotopic (exact) mass is 348 g/mol. The number of unbranched alkanes of at least 4 members (excludes halogenated alkanes) is 2. The highest BCUT2D eigenvalue weighted by atomic mass is 16.5. The van der Waals surface area contributed by atoms with Crippen molar-refractivity contribution >= 4 is 11.8 Å². The lowest BCUT2D eigenvalue weighted by molar-refractivity contribution is -0.134. The van der Waals surface area contributed by atoms with Crippen molar-refractivity contribution < 1.29 is 19.4 Å². The Morgan fingerprint density at radius 3 is 2.52 bits per heavy atom. The summed E-state index contributed by atoms with van der Waals surface area (Å²) in [7, 11) is 1.33. The average molecular weight is 348 g/mol. The Morgan fingerprint density at radius 1 is 1.32 bits per heavy atom. The third-order valence-corrected chi connectivity index (χ3v) is 5.16. The molecule has 1 N–H and O–H groups in total. The lowest BCUT2D eigenvalue weighted by Gasteiger charge is -2.46. The van der Waals surface area contributed by atoms with Gasteiger partial charge in [-0.25, -0.2) is 4.79 Å². The zero-order valence-corrected chi connectivity index (χ0v) is 16.4. The van der Waals surface area contributed by atoms with Gasteiger partial charge in [0.25, 0.3) is 0 Å². The number of methoxy groups -OCH3 is 1. The number of ketones is 1. The number of hydrogen-bond acceptors (Lipinski definition) is 4. The van der Waals surface area contributed by atoms with Crippen LogP contribution in [0.5, 0.6) is 0 Å². The Balaban J connectivity index is 3.23. The molecule has 0 aromatic heterocycles. The summed E-state index contributed by atoms with van der Waals surface area (Å²) in [4.78, 5) is 23.9. The van der Waals surface area contributed by atoms with E-state index in [0.717, 1.165) is 30.4 Å².